The smallest absolute Gasteiger partial charge is 0.295 e. The predicted octanol–water partition coefficient (Wildman–Crippen LogP) is 3.53. The molecule has 1 N–H and O–H groups in total. The van der Waals surface area contributed by atoms with E-state index in [0.717, 1.165) is 13.1 Å². The number of carbonyl (C=O) groups is 2. The van der Waals surface area contributed by atoms with Crippen LogP contribution in [0.25, 0.3) is 5.76 Å². The van der Waals surface area contributed by atoms with Crippen molar-refractivity contribution in [3.05, 3.63) is 75.3 Å². The number of hydrogen-bond acceptors (Lipinski definition) is 8. The summed E-state index contributed by atoms with van der Waals surface area (Å²) in [4.78, 5) is 40.9. The van der Waals surface area contributed by atoms with Crippen LogP contribution >= 0.6 is 0 Å². The van der Waals surface area contributed by atoms with E-state index in [1.807, 2.05) is 13.8 Å². The zero-order valence-corrected chi connectivity index (χ0v) is 21.0. The predicted molar refractivity (Wildman–Crippen MR) is 136 cm³/mol. The molecule has 10 nitrogen and oxygen atoms in total. The van der Waals surface area contributed by atoms with Crippen LogP contribution in [0, 0.1) is 10.1 Å². The molecular weight excluding hydrogens is 478 g/mol. The van der Waals surface area contributed by atoms with Crippen molar-refractivity contribution in [3.8, 4) is 5.75 Å². The number of Topliss-reactive ketones (excluding diaryl/α,β-unsaturated/α-hetero) is 1. The van der Waals surface area contributed by atoms with Crippen molar-refractivity contribution < 1.29 is 29.1 Å². The number of likely N-dealkylation sites (tertiary alicyclic amines) is 1. The van der Waals surface area contributed by atoms with Crippen LogP contribution in [-0.2, 0) is 14.3 Å². The number of non-ortho nitro benzene ring substituents is 1. The Kier molecular flexibility index (Phi) is 8.20. The number of ketones is 1. The highest BCUT2D eigenvalue weighted by Gasteiger charge is 2.46. The Labute approximate surface area is 215 Å². The molecule has 10 heteroatoms. The topological polar surface area (TPSA) is 122 Å². The monoisotopic (exact) mass is 509 g/mol. The SMILES string of the molecule is CC(C)Oc1ccc(C(O)=C2C(=O)C(=O)N(CCCN3CCOCC3)[C@H]2c2cccc([N+](=O)[O-])c2)cc1. The molecule has 0 unspecified atom stereocenters. The van der Waals surface area contributed by atoms with Gasteiger partial charge < -0.3 is 19.5 Å². The van der Waals surface area contributed by atoms with Gasteiger partial charge in [-0.3, -0.25) is 24.6 Å². The van der Waals surface area contributed by atoms with E-state index >= 15 is 0 Å². The highest BCUT2D eigenvalue weighted by molar-refractivity contribution is 6.46. The second-order valence-corrected chi connectivity index (χ2v) is 9.34. The molecule has 1 amide bonds. The van der Waals surface area contributed by atoms with Crippen LogP contribution in [0.5, 0.6) is 5.75 Å². The average Bonchev–Trinajstić information content (AvgIpc) is 3.14. The van der Waals surface area contributed by atoms with Gasteiger partial charge >= 0.3 is 0 Å². The molecule has 196 valence electrons. The molecule has 0 bridgehead atoms. The van der Waals surface area contributed by atoms with E-state index in [1.54, 1.807) is 30.3 Å². The highest BCUT2D eigenvalue weighted by atomic mass is 16.6. The summed E-state index contributed by atoms with van der Waals surface area (Å²) in [6.07, 6.45) is 0.566. The number of benzene rings is 2. The van der Waals surface area contributed by atoms with Crippen LogP contribution in [-0.4, -0.2) is 77.0 Å². The Morgan fingerprint density at radius 2 is 1.84 bits per heavy atom. The first kappa shape index (κ1) is 26.3. The lowest BCUT2D eigenvalue weighted by atomic mass is 9.95. The molecule has 2 saturated heterocycles. The van der Waals surface area contributed by atoms with Crippen molar-refractivity contribution in [3.63, 3.8) is 0 Å². The maximum Gasteiger partial charge on any atom is 0.295 e. The standard InChI is InChI=1S/C27H31N3O7/c1-18(2)37-22-9-7-19(8-10-22)25(31)23-24(20-5-3-6-21(17-20)30(34)35)29(27(33)26(23)32)12-4-11-28-13-15-36-16-14-28/h3,5-10,17-18,24,31H,4,11-16H2,1-2H3/t24-/m0/s1. The fourth-order valence-corrected chi connectivity index (χ4v) is 4.67. The summed E-state index contributed by atoms with van der Waals surface area (Å²) in [6, 6.07) is 11.5. The van der Waals surface area contributed by atoms with Gasteiger partial charge in [-0.15, -0.1) is 0 Å². The molecule has 2 aromatic rings. The number of nitrogens with zero attached hydrogens (tertiary/aromatic N) is 3. The number of aliphatic hydroxyl groups excluding tert-OH is 1. The van der Waals surface area contributed by atoms with Gasteiger partial charge in [0, 0.05) is 43.9 Å². The third kappa shape index (κ3) is 5.98. The average molecular weight is 510 g/mol. The van der Waals surface area contributed by atoms with Crippen molar-refractivity contribution in [1.29, 1.82) is 0 Å². The lowest BCUT2D eigenvalue weighted by Gasteiger charge is -2.29. The van der Waals surface area contributed by atoms with Crippen LogP contribution in [0.4, 0.5) is 5.69 Å². The van der Waals surface area contributed by atoms with E-state index in [9.17, 15) is 24.8 Å². The molecule has 0 spiro atoms. The maximum atomic E-state index is 13.2. The van der Waals surface area contributed by atoms with E-state index in [4.69, 9.17) is 9.47 Å². The van der Waals surface area contributed by atoms with Gasteiger partial charge in [-0.05, 0) is 50.1 Å². The van der Waals surface area contributed by atoms with Crippen molar-refractivity contribution in [1.82, 2.24) is 9.80 Å². The first-order valence-electron chi connectivity index (χ1n) is 12.4. The molecular formula is C27H31N3O7. The number of carbonyl (C=O) groups excluding carboxylic acids is 2. The second-order valence-electron chi connectivity index (χ2n) is 9.34. The normalized spacial score (nSPS) is 20.0. The summed E-state index contributed by atoms with van der Waals surface area (Å²) in [5.41, 5.74) is 0.486. The Morgan fingerprint density at radius 3 is 2.49 bits per heavy atom. The molecule has 0 aliphatic carbocycles. The molecule has 4 rings (SSSR count). The second kappa shape index (κ2) is 11.5. The van der Waals surface area contributed by atoms with E-state index in [1.165, 1.54) is 23.1 Å². The van der Waals surface area contributed by atoms with Crippen LogP contribution < -0.4 is 4.74 Å². The summed E-state index contributed by atoms with van der Waals surface area (Å²) >= 11 is 0. The lowest BCUT2D eigenvalue weighted by molar-refractivity contribution is -0.384. The largest absolute Gasteiger partial charge is 0.507 e. The Morgan fingerprint density at radius 1 is 1.14 bits per heavy atom. The summed E-state index contributed by atoms with van der Waals surface area (Å²) in [6.45, 7) is 7.66. The lowest BCUT2D eigenvalue weighted by Crippen LogP contribution is -2.39. The molecule has 2 aromatic carbocycles. The van der Waals surface area contributed by atoms with E-state index in [-0.39, 0.29) is 29.7 Å². The Hall–Kier alpha value is -3.76. The Balaban J connectivity index is 1.69. The molecule has 37 heavy (non-hydrogen) atoms. The van der Waals surface area contributed by atoms with Gasteiger partial charge in [0.1, 0.15) is 11.5 Å². The number of morpholine rings is 1. The molecule has 0 saturated carbocycles. The summed E-state index contributed by atoms with van der Waals surface area (Å²) in [5, 5.41) is 22.7. The van der Waals surface area contributed by atoms with E-state index in [2.05, 4.69) is 4.90 Å². The van der Waals surface area contributed by atoms with Gasteiger partial charge in [0.05, 0.1) is 35.9 Å². The van der Waals surface area contributed by atoms with Gasteiger partial charge in [0.25, 0.3) is 17.4 Å². The molecule has 2 fully saturated rings. The van der Waals surface area contributed by atoms with Crippen molar-refractivity contribution in [2.24, 2.45) is 0 Å². The van der Waals surface area contributed by atoms with Crippen molar-refractivity contribution in [2.45, 2.75) is 32.4 Å². The van der Waals surface area contributed by atoms with Gasteiger partial charge in [0.2, 0.25) is 0 Å². The third-order valence-electron chi connectivity index (χ3n) is 6.41. The van der Waals surface area contributed by atoms with Gasteiger partial charge in [0.15, 0.2) is 0 Å². The van der Waals surface area contributed by atoms with Gasteiger partial charge in [-0.1, -0.05) is 12.1 Å². The summed E-state index contributed by atoms with van der Waals surface area (Å²) in [7, 11) is 0. The summed E-state index contributed by atoms with van der Waals surface area (Å²) in [5.74, 6) is -1.28. The minimum atomic E-state index is -0.948. The molecule has 0 aromatic heterocycles. The van der Waals surface area contributed by atoms with Crippen molar-refractivity contribution >= 4 is 23.1 Å². The molecule has 2 heterocycles. The van der Waals surface area contributed by atoms with E-state index < -0.39 is 22.7 Å². The van der Waals surface area contributed by atoms with Crippen LogP contribution in [0.1, 0.15) is 37.4 Å². The first-order valence-corrected chi connectivity index (χ1v) is 12.4. The van der Waals surface area contributed by atoms with Crippen LogP contribution in [0.3, 0.4) is 0 Å². The number of rotatable bonds is 9. The maximum absolute atomic E-state index is 13.2. The Bertz CT molecular complexity index is 1190. The fourth-order valence-electron chi connectivity index (χ4n) is 4.67. The van der Waals surface area contributed by atoms with E-state index in [0.29, 0.717) is 43.1 Å². The zero-order valence-electron chi connectivity index (χ0n) is 21.0. The summed E-state index contributed by atoms with van der Waals surface area (Å²) < 4.78 is 11.0. The van der Waals surface area contributed by atoms with Gasteiger partial charge in [-0.25, -0.2) is 0 Å². The number of hydrogen-bond donors (Lipinski definition) is 1. The van der Waals surface area contributed by atoms with Gasteiger partial charge in [-0.2, -0.15) is 0 Å². The highest BCUT2D eigenvalue weighted by Crippen LogP contribution is 2.40. The minimum Gasteiger partial charge on any atom is -0.507 e. The molecule has 2 aliphatic rings. The van der Waals surface area contributed by atoms with Crippen LogP contribution in [0.2, 0.25) is 0 Å². The van der Waals surface area contributed by atoms with Crippen LogP contribution in [0.15, 0.2) is 54.1 Å². The zero-order chi connectivity index (χ0) is 26.5. The molecule has 1 atom stereocenters. The fraction of sp³-hybridized carbons (Fsp3) is 0.407. The number of ether oxygens (including phenoxy) is 2. The first-order chi connectivity index (χ1) is 17.8. The number of nitro groups is 1. The third-order valence-corrected chi connectivity index (χ3v) is 6.41. The number of amides is 1. The minimum absolute atomic E-state index is 0.0314. The van der Waals surface area contributed by atoms with Crippen molar-refractivity contribution in [2.75, 3.05) is 39.4 Å². The molecule has 2 aliphatic heterocycles. The number of nitro benzene ring substituents is 1. The molecule has 0 radical (unpaired) electrons. The number of aliphatic hydroxyl groups is 1. The quantitative estimate of drug-likeness (QED) is 0.179.